The number of hydrogen-bond donors (Lipinski definition) is 2. The van der Waals surface area contributed by atoms with Crippen molar-refractivity contribution in [2.75, 3.05) is 13.1 Å². The fourth-order valence-electron chi connectivity index (χ4n) is 2.11. The number of carboxylic acid groups (broad SMARTS) is 1. The topological polar surface area (TPSA) is 86.7 Å². The van der Waals surface area contributed by atoms with Crippen LogP contribution < -0.4 is 5.32 Å². The predicted octanol–water partition coefficient (Wildman–Crippen LogP) is 0.368. The molecule has 1 rings (SSSR count). The van der Waals surface area contributed by atoms with E-state index in [9.17, 15) is 14.4 Å². The normalized spacial score (nSPS) is 18.7. The van der Waals surface area contributed by atoms with Gasteiger partial charge in [0.25, 0.3) is 0 Å². The summed E-state index contributed by atoms with van der Waals surface area (Å²) in [6.45, 7) is 2.66. The second-order valence-corrected chi connectivity index (χ2v) is 4.43. The van der Waals surface area contributed by atoms with Gasteiger partial charge in [0.05, 0.1) is 6.42 Å². The molecule has 1 fully saturated rings. The van der Waals surface area contributed by atoms with Crippen molar-refractivity contribution in [3.8, 4) is 0 Å². The molecule has 1 aliphatic heterocycles. The Kier molecular flexibility index (Phi) is 5.61. The average molecular weight is 256 g/mol. The molecule has 0 spiro atoms. The first-order chi connectivity index (χ1) is 8.56. The number of rotatable bonds is 6. The van der Waals surface area contributed by atoms with Gasteiger partial charge in [-0.1, -0.05) is 6.92 Å². The van der Waals surface area contributed by atoms with E-state index in [4.69, 9.17) is 5.11 Å². The number of likely N-dealkylation sites (tertiary alicyclic amines) is 1. The van der Waals surface area contributed by atoms with Crippen molar-refractivity contribution in [1.82, 2.24) is 10.2 Å². The first-order valence-corrected chi connectivity index (χ1v) is 6.35. The van der Waals surface area contributed by atoms with Crippen LogP contribution in [0.2, 0.25) is 0 Å². The third-order valence-electron chi connectivity index (χ3n) is 2.98. The summed E-state index contributed by atoms with van der Waals surface area (Å²) in [4.78, 5) is 35.6. The highest BCUT2D eigenvalue weighted by atomic mass is 16.4. The molecule has 2 N–H and O–H groups in total. The Morgan fingerprint density at radius 3 is 2.67 bits per heavy atom. The molecular formula is C12H20N2O4. The zero-order valence-corrected chi connectivity index (χ0v) is 10.6. The number of carboxylic acids is 1. The number of hydrogen-bond acceptors (Lipinski definition) is 3. The summed E-state index contributed by atoms with van der Waals surface area (Å²) < 4.78 is 0. The van der Waals surface area contributed by atoms with Crippen molar-refractivity contribution in [2.24, 2.45) is 0 Å². The molecule has 6 nitrogen and oxygen atoms in total. The van der Waals surface area contributed by atoms with E-state index in [0.717, 1.165) is 12.8 Å². The number of amides is 2. The summed E-state index contributed by atoms with van der Waals surface area (Å²) in [5.74, 6) is -1.17. The minimum atomic E-state index is -0.944. The fraction of sp³-hybridized carbons (Fsp3) is 0.750. The SMILES string of the molecule is CCCC(=O)N1CCCC1C(=O)NCCC(=O)O. The summed E-state index contributed by atoms with van der Waals surface area (Å²) in [7, 11) is 0. The van der Waals surface area contributed by atoms with Crippen LogP contribution in [-0.4, -0.2) is 46.9 Å². The summed E-state index contributed by atoms with van der Waals surface area (Å²) in [6, 6.07) is -0.419. The van der Waals surface area contributed by atoms with Crippen LogP contribution in [0.3, 0.4) is 0 Å². The molecule has 0 radical (unpaired) electrons. The summed E-state index contributed by atoms with van der Waals surface area (Å²) in [5.41, 5.74) is 0. The van der Waals surface area contributed by atoms with Crippen LogP contribution >= 0.6 is 0 Å². The maximum Gasteiger partial charge on any atom is 0.305 e. The van der Waals surface area contributed by atoms with Crippen molar-refractivity contribution in [3.63, 3.8) is 0 Å². The monoisotopic (exact) mass is 256 g/mol. The van der Waals surface area contributed by atoms with E-state index >= 15 is 0 Å². The highest BCUT2D eigenvalue weighted by Gasteiger charge is 2.33. The molecule has 2 amide bonds. The van der Waals surface area contributed by atoms with Crippen LogP contribution in [0.15, 0.2) is 0 Å². The lowest BCUT2D eigenvalue weighted by Crippen LogP contribution is -2.46. The van der Waals surface area contributed by atoms with Crippen LogP contribution in [-0.2, 0) is 14.4 Å². The number of carbonyl (C=O) groups is 3. The van der Waals surface area contributed by atoms with Crippen LogP contribution in [0.25, 0.3) is 0 Å². The second kappa shape index (κ2) is 6.98. The molecule has 6 heteroatoms. The highest BCUT2D eigenvalue weighted by molar-refractivity contribution is 5.88. The first kappa shape index (κ1) is 14.5. The van der Waals surface area contributed by atoms with Gasteiger partial charge in [0.15, 0.2) is 0 Å². The van der Waals surface area contributed by atoms with Gasteiger partial charge in [0.1, 0.15) is 6.04 Å². The molecule has 1 aliphatic rings. The lowest BCUT2D eigenvalue weighted by molar-refractivity contribution is -0.139. The standard InChI is InChI=1S/C12H20N2O4/c1-2-4-10(15)14-8-3-5-9(14)12(18)13-7-6-11(16)17/h9H,2-8H2,1H3,(H,13,18)(H,16,17). The fourth-order valence-corrected chi connectivity index (χ4v) is 2.11. The molecule has 0 bridgehead atoms. The van der Waals surface area contributed by atoms with E-state index in [0.29, 0.717) is 19.4 Å². The summed E-state index contributed by atoms with van der Waals surface area (Å²) in [5, 5.41) is 11.1. The predicted molar refractivity (Wildman–Crippen MR) is 64.9 cm³/mol. The highest BCUT2D eigenvalue weighted by Crippen LogP contribution is 2.18. The van der Waals surface area contributed by atoms with Gasteiger partial charge >= 0.3 is 5.97 Å². The van der Waals surface area contributed by atoms with E-state index in [1.807, 2.05) is 6.92 Å². The lowest BCUT2D eigenvalue weighted by atomic mass is 10.2. The van der Waals surface area contributed by atoms with Gasteiger partial charge in [-0.25, -0.2) is 0 Å². The molecule has 0 aliphatic carbocycles. The molecule has 1 unspecified atom stereocenters. The molecule has 0 aromatic rings. The van der Waals surface area contributed by atoms with Gasteiger partial charge in [-0.05, 0) is 19.3 Å². The second-order valence-electron chi connectivity index (χ2n) is 4.43. The van der Waals surface area contributed by atoms with E-state index in [1.165, 1.54) is 0 Å². The van der Waals surface area contributed by atoms with Crippen LogP contribution in [0.1, 0.15) is 39.0 Å². The number of carbonyl (C=O) groups excluding carboxylic acids is 2. The summed E-state index contributed by atoms with van der Waals surface area (Å²) >= 11 is 0. The molecular weight excluding hydrogens is 236 g/mol. The van der Waals surface area contributed by atoms with E-state index < -0.39 is 12.0 Å². The Morgan fingerprint density at radius 2 is 2.06 bits per heavy atom. The van der Waals surface area contributed by atoms with Gasteiger partial charge in [-0.3, -0.25) is 14.4 Å². The van der Waals surface area contributed by atoms with Gasteiger partial charge in [0.2, 0.25) is 11.8 Å². The average Bonchev–Trinajstić information content (AvgIpc) is 2.77. The van der Waals surface area contributed by atoms with Crippen LogP contribution in [0.4, 0.5) is 0 Å². The Morgan fingerprint density at radius 1 is 1.33 bits per heavy atom. The van der Waals surface area contributed by atoms with Gasteiger partial charge in [-0.2, -0.15) is 0 Å². The summed E-state index contributed by atoms with van der Waals surface area (Å²) in [6.07, 6.45) is 2.61. The Labute approximate surface area is 106 Å². The van der Waals surface area contributed by atoms with Crippen molar-refractivity contribution < 1.29 is 19.5 Å². The van der Waals surface area contributed by atoms with E-state index in [2.05, 4.69) is 5.32 Å². The van der Waals surface area contributed by atoms with Crippen molar-refractivity contribution in [1.29, 1.82) is 0 Å². The molecule has 102 valence electrons. The van der Waals surface area contributed by atoms with Gasteiger partial charge in [0, 0.05) is 19.5 Å². The van der Waals surface area contributed by atoms with Crippen molar-refractivity contribution >= 4 is 17.8 Å². The Balaban J connectivity index is 2.45. The minimum absolute atomic E-state index is 0.00776. The maximum atomic E-state index is 11.8. The third-order valence-corrected chi connectivity index (χ3v) is 2.98. The van der Waals surface area contributed by atoms with Gasteiger partial charge < -0.3 is 15.3 Å². The minimum Gasteiger partial charge on any atom is -0.481 e. The zero-order valence-electron chi connectivity index (χ0n) is 10.6. The smallest absolute Gasteiger partial charge is 0.305 e. The Hall–Kier alpha value is -1.59. The van der Waals surface area contributed by atoms with Crippen molar-refractivity contribution in [3.05, 3.63) is 0 Å². The van der Waals surface area contributed by atoms with Crippen LogP contribution in [0.5, 0.6) is 0 Å². The van der Waals surface area contributed by atoms with Crippen LogP contribution in [0, 0.1) is 0 Å². The molecule has 1 heterocycles. The molecule has 0 aromatic heterocycles. The number of aliphatic carboxylic acids is 1. The van der Waals surface area contributed by atoms with Crippen molar-refractivity contribution in [2.45, 2.75) is 45.1 Å². The number of nitrogens with one attached hydrogen (secondary N) is 1. The van der Waals surface area contributed by atoms with E-state index in [1.54, 1.807) is 4.90 Å². The molecule has 0 saturated carbocycles. The molecule has 1 atom stereocenters. The maximum absolute atomic E-state index is 11.8. The Bertz CT molecular complexity index is 330. The van der Waals surface area contributed by atoms with Gasteiger partial charge in [-0.15, -0.1) is 0 Å². The first-order valence-electron chi connectivity index (χ1n) is 6.35. The van der Waals surface area contributed by atoms with E-state index in [-0.39, 0.29) is 24.8 Å². The quantitative estimate of drug-likeness (QED) is 0.718. The third kappa shape index (κ3) is 4.01. The molecule has 0 aromatic carbocycles. The number of nitrogens with zero attached hydrogens (tertiary/aromatic N) is 1. The molecule has 18 heavy (non-hydrogen) atoms. The largest absolute Gasteiger partial charge is 0.481 e. The lowest BCUT2D eigenvalue weighted by Gasteiger charge is -2.23. The molecule has 1 saturated heterocycles. The zero-order chi connectivity index (χ0) is 13.5.